The molecular weight excluding hydrogens is 345 g/mol. The van der Waals surface area contributed by atoms with E-state index >= 15 is 0 Å². The first kappa shape index (κ1) is 17.1. The van der Waals surface area contributed by atoms with Gasteiger partial charge in [0.25, 0.3) is 5.91 Å². The number of amides is 1. The van der Waals surface area contributed by atoms with Gasteiger partial charge in [-0.05, 0) is 48.4 Å². The van der Waals surface area contributed by atoms with Gasteiger partial charge in [-0.15, -0.1) is 0 Å². The summed E-state index contributed by atoms with van der Waals surface area (Å²) in [6.07, 6.45) is 0.533. The molecule has 0 saturated heterocycles. The number of aromatic nitrogens is 1. The Morgan fingerprint density at radius 2 is 1.84 bits per heavy atom. The Balaban J connectivity index is 1.60. The number of carbonyl (C=O) groups excluding carboxylic acids is 1. The molecule has 1 amide bonds. The maximum absolute atomic E-state index is 13.2. The molecule has 0 bridgehead atoms. The van der Waals surface area contributed by atoms with Crippen LogP contribution in [-0.2, 0) is 16.4 Å². The average Bonchev–Trinajstić information content (AvgIpc) is 2.97. The Bertz CT molecular complexity index is 1030. The topological polar surface area (TPSA) is 105 Å². The van der Waals surface area contributed by atoms with Crippen LogP contribution in [-0.4, -0.2) is 25.9 Å². The number of carbonyl (C=O) groups is 1. The lowest BCUT2D eigenvalue weighted by molar-refractivity contribution is 0.0950. The van der Waals surface area contributed by atoms with Gasteiger partial charge < -0.3 is 10.3 Å². The molecule has 3 aromatic rings. The molecule has 0 radical (unpaired) electrons. The van der Waals surface area contributed by atoms with E-state index in [9.17, 15) is 17.6 Å². The molecule has 130 valence electrons. The second-order valence-electron chi connectivity index (χ2n) is 5.61. The number of halogens is 1. The standard InChI is InChI=1S/C17H16FN3O3S/c18-13-4-3-12-9-16(21-15(12)10-13)17(22)20-8-7-11-1-5-14(6-2-11)25(19,23)24/h1-6,9-10,21H,7-8H2,(H,20,22)(H2,19,23,24). The largest absolute Gasteiger partial charge is 0.350 e. The second kappa shape index (κ2) is 6.66. The monoisotopic (exact) mass is 361 g/mol. The van der Waals surface area contributed by atoms with Crippen molar-refractivity contribution in [1.29, 1.82) is 0 Å². The van der Waals surface area contributed by atoms with E-state index in [2.05, 4.69) is 10.3 Å². The number of primary sulfonamides is 1. The number of H-pyrrole nitrogens is 1. The van der Waals surface area contributed by atoms with E-state index in [0.717, 1.165) is 10.9 Å². The van der Waals surface area contributed by atoms with Crippen LogP contribution in [0.4, 0.5) is 4.39 Å². The number of nitrogens with two attached hydrogens (primary N) is 1. The van der Waals surface area contributed by atoms with Gasteiger partial charge in [0.05, 0.1) is 4.90 Å². The van der Waals surface area contributed by atoms with Crippen LogP contribution in [0.1, 0.15) is 16.1 Å². The maximum atomic E-state index is 13.2. The van der Waals surface area contributed by atoms with Crippen LogP contribution in [0.2, 0.25) is 0 Å². The average molecular weight is 361 g/mol. The zero-order chi connectivity index (χ0) is 18.0. The van der Waals surface area contributed by atoms with Crippen molar-refractivity contribution in [3.05, 3.63) is 65.6 Å². The van der Waals surface area contributed by atoms with Gasteiger partial charge in [-0.25, -0.2) is 17.9 Å². The fourth-order valence-corrected chi connectivity index (χ4v) is 3.00. The Morgan fingerprint density at radius 1 is 1.12 bits per heavy atom. The van der Waals surface area contributed by atoms with E-state index in [1.807, 2.05) is 0 Å². The van der Waals surface area contributed by atoms with E-state index < -0.39 is 10.0 Å². The predicted molar refractivity (Wildman–Crippen MR) is 92.1 cm³/mol. The van der Waals surface area contributed by atoms with Gasteiger partial charge in [0.1, 0.15) is 11.5 Å². The minimum Gasteiger partial charge on any atom is -0.350 e. The highest BCUT2D eigenvalue weighted by molar-refractivity contribution is 7.89. The van der Waals surface area contributed by atoms with Crippen LogP contribution in [0.25, 0.3) is 10.9 Å². The summed E-state index contributed by atoms with van der Waals surface area (Å²) in [5.74, 6) is -0.665. The third-order valence-corrected chi connectivity index (χ3v) is 4.71. The summed E-state index contributed by atoms with van der Waals surface area (Å²) < 4.78 is 35.6. The Morgan fingerprint density at radius 3 is 2.52 bits per heavy atom. The van der Waals surface area contributed by atoms with E-state index in [1.165, 1.54) is 24.3 Å². The minimum atomic E-state index is -3.71. The zero-order valence-electron chi connectivity index (χ0n) is 13.1. The summed E-state index contributed by atoms with van der Waals surface area (Å²) in [5, 5.41) is 8.56. The van der Waals surface area contributed by atoms with Crippen molar-refractivity contribution in [1.82, 2.24) is 10.3 Å². The van der Waals surface area contributed by atoms with Crippen LogP contribution >= 0.6 is 0 Å². The SMILES string of the molecule is NS(=O)(=O)c1ccc(CCNC(=O)c2cc3ccc(F)cc3[nH]2)cc1. The summed E-state index contributed by atoms with van der Waals surface area (Å²) in [5.41, 5.74) is 1.78. The lowest BCUT2D eigenvalue weighted by Crippen LogP contribution is -2.25. The fraction of sp³-hybridized carbons (Fsp3) is 0.118. The minimum absolute atomic E-state index is 0.0468. The van der Waals surface area contributed by atoms with Crippen molar-refractivity contribution in [3.63, 3.8) is 0 Å². The van der Waals surface area contributed by atoms with Crippen molar-refractivity contribution in [2.45, 2.75) is 11.3 Å². The van der Waals surface area contributed by atoms with Crippen molar-refractivity contribution in [3.8, 4) is 0 Å². The van der Waals surface area contributed by atoms with Crippen LogP contribution in [0.15, 0.2) is 53.4 Å². The lowest BCUT2D eigenvalue weighted by atomic mass is 10.1. The van der Waals surface area contributed by atoms with Crippen molar-refractivity contribution >= 4 is 26.8 Å². The molecule has 25 heavy (non-hydrogen) atoms. The molecule has 6 nitrogen and oxygen atoms in total. The van der Waals surface area contributed by atoms with Gasteiger partial charge in [0.2, 0.25) is 10.0 Å². The number of aromatic amines is 1. The molecule has 4 N–H and O–H groups in total. The van der Waals surface area contributed by atoms with Crippen LogP contribution in [0.3, 0.4) is 0 Å². The fourth-order valence-electron chi connectivity index (χ4n) is 2.48. The quantitative estimate of drug-likeness (QED) is 0.646. The Kier molecular flexibility index (Phi) is 4.56. The first-order valence-corrected chi connectivity index (χ1v) is 9.06. The number of nitrogens with one attached hydrogen (secondary N) is 2. The van der Waals surface area contributed by atoms with E-state index in [4.69, 9.17) is 5.14 Å². The number of hydrogen-bond acceptors (Lipinski definition) is 3. The number of sulfonamides is 1. The van der Waals surface area contributed by atoms with Crippen molar-refractivity contribution < 1.29 is 17.6 Å². The van der Waals surface area contributed by atoms with Gasteiger partial charge in [-0.2, -0.15) is 0 Å². The molecule has 0 spiro atoms. The molecule has 3 rings (SSSR count). The molecule has 0 unspecified atom stereocenters. The Hall–Kier alpha value is -2.71. The Labute approximate surface area is 143 Å². The molecule has 0 aliphatic heterocycles. The second-order valence-corrected chi connectivity index (χ2v) is 7.17. The molecule has 0 atom stereocenters. The van der Waals surface area contributed by atoms with Crippen LogP contribution in [0.5, 0.6) is 0 Å². The predicted octanol–water partition coefficient (Wildman–Crippen LogP) is 1.93. The molecule has 0 aliphatic carbocycles. The van der Waals surface area contributed by atoms with Gasteiger partial charge in [0, 0.05) is 17.4 Å². The van der Waals surface area contributed by atoms with E-state index in [0.29, 0.717) is 24.2 Å². The summed E-state index contributed by atoms with van der Waals surface area (Å²) in [7, 11) is -3.71. The van der Waals surface area contributed by atoms with Gasteiger partial charge in [0.15, 0.2) is 0 Å². The first-order valence-electron chi connectivity index (χ1n) is 7.51. The summed E-state index contributed by atoms with van der Waals surface area (Å²) in [4.78, 5) is 15.1. The molecule has 2 aromatic carbocycles. The van der Waals surface area contributed by atoms with Crippen LogP contribution < -0.4 is 10.5 Å². The number of rotatable bonds is 5. The van der Waals surface area contributed by atoms with Gasteiger partial charge in [-0.1, -0.05) is 12.1 Å². The number of fused-ring (bicyclic) bond motifs is 1. The molecule has 1 heterocycles. The zero-order valence-corrected chi connectivity index (χ0v) is 13.9. The van der Waals surface area contributed by atoms with Crippen molar-refractivity contribution in [2.24, 2.45) is 5.14 Å². The highest BCUT2D eigenvalue weighted by atomic mass is 32.2. The van der Waals surface area contributed by atoms with Gasteiger partial charge >= 0.3 is 0 Å². The molecule has 1 aromatic heterocycles. The molecule has 0 aliphatic rings. The molecule has 0 saturated carbocycles. The maximum Gasteiger partial charge on any atom is 0.267 e. The van der Waals surface area contributed by atoms with E-state index in [-0.39, 0.29) is 16.6 Å². The smallest absolute Gasteiger partial charge is 0.267 e. The third-order valence-electron chi connectivity index (χ3n) is 3.78. The summed E-state index contributed by atoms with van der Waals surface area (Å²) in [6, 6.07) is 12.1. The van der Waals surface area contributed by atoms with Crippen LogP contribution in [0, 0.1) is 5.82 Å². The highest BCUT2D eigenvalue weighted by Crippen LogP contribution is 2.16. The molecule has 0 fully saturated rings. The molecule has 8 heteroatoms. The third kappa shape index (κ3) is 4.04. The van der Waals surface area contributed by atoms with Gasteiger partial charge in [-0.3, -0.25) is 4.79 Å². The normalized spacial score (nSPS) is 11.6. The number of benzene rings is 2. The van der Waals surface area contributed by atoms with Crippen molar-refractivity contribution in [2.75, 3.05) is 6.54 Å². The highest BCUT2D eigenvalue weighted by Gasteiger charge is 2.10. The lowest BCUT2D eigenvalue weighted by Gasteiger charge is -2.05. The summed E-state index contributed by atoms with van der Waals surface area (Å²) >= 11 is 0. The summed E-state index contributed by atoms with van der Waals surface area (Å²) in [6.45, 7) is 0.372. The number of hydrogen-bond donors (Lipinski definition) is 3. The van der Waals surface area contributed by atoms with E-state index in [1.54, 1.807) is 24.3 Å². The first-order chi connectivity index (χ1) is 11.8. The molecular formula is C17H16FN3O3S.